The SMILES string of the molecule is Cc1ccc(CNCCN2CCCCCC2)cn1. The van der Waals surface area contributed by atoms with Crippen LogP contribution in [0.3, 0.4) is 0 Å². The first kappa shape index (κ1) is 13.5. The molecule has 1 aliphatic heterocycles. The van der Waals surface area contributed by atoms with Crippen LogP contribution in [-0.2, 0) is 6.54 Å². The molecule has 2 rings (SSSR count). The summed E-state index contributed by atoms with van der Waals surface area (Å²) in [5.74, 6) is 0. The van der Waals surface area contributed by atoms with E-state index in [4.69, 9.17) is 0 Å². The van der Waals surface area contributed by atoms with Crippen molar-refractivity contribution >= 4 is 0 Å². The maximum absolute atomic E-state index is 4.31. The van der Waals surface area contributed by atoms with Gasteiger partial charge in [0.1, 0.15) is 0 Å². The third kappa shape index (κ3) is 4.75. The van der Waals surface area contributed by atoms with Crippen LogP contribution in [0.4, 0.5) is 0 Å². The van der Waals surface area contributed by atoms with Gasteiger partial charge >= 0.3 is 0 Å². The molecule has 0 saturated carbocycles. The summed E-state index contributed by atoms with van der Waals surface area (Å²) in [5, 5.41) is 3.51. The first-order valence-corrected chi connectivity index (χ1v) is 7.19. The highest BCUT2D eigenvalue weighted by Gasteiger charge is 2.07. The van der Waals surface area contributed by atoms with Gasteiger partial charge in [-0.15, -0.1) is 0 Å². The second kappa shape index (κ2) is 7.49. The van der Waals surface area contributed by atoms with Crippen molar-refractivity contribution in [3.05, 3.63) is 29.6 Å². The van der Waals surface area contributed by atoms with E-state index in [1.165, 1.54) is 50.9 Å². The normalized spacial score (nSPS) is 17.6. The van der Waals surface area contributed by atoms with Crippen molar-refractivity contribution in [1.82, 2.24) is 15.2 Å². The minimum absolute atomic E-state index is 0.932. The fraction of sp³-hybridized carbons (Fsp3) is 0.667. The Kier molecular flexibility index (Phi) is 5.62. The Bertz CT molecular complexity index is 326. The minimum atomic E-state index is 0.932. The van der Waals surface area contributed by atoms with Gasteiger partial charge in [0, 0.05) is 31.5 Å². The summed E-state index contributed by atoms with van der Waals surface area (Å²) >= 11 is 0. The molecule has 18 heavy (non-hydrogen) atoms. The van der Waals surface area contributed by atoms with Crippen molar-refractivity contribution in [2.24, 2.45) is 0 Å². The molecule has 1 aromatic heterocycles. The second-order valence-corrected chi connectivity index (χ2v) is 5.24. The Balaban J connectivity index is 1.61. The molecule has 1 saturated heterocycles. The molecule has 3 heteroatoms. The van der Waals surface area contributed by atoms with Crippen LogP contribution in [-0.4, -0.2) is 36.1 Å². The highest BCUT2D eigenvalue weighted by Crippen LogP contribution is 2.08. The molecule has 0 unspecified atom stereocenters. The van der Waals surface area contributed by atoms with E-state index >= 15 is 0 Å². The molecule has 0 aromatic carbocycles. The van der Waals surface area contributed by atoms with E-state index in [9.17, 15) is 0 Å². The maximum atomic E-state index is 4.31. The van der Waals surface area contributed by atoms with Crippen LogP contribution in [0.1, 0.15) is 36.9 Å². The maximum Gasteiger partial charge on any atom is 0.0372 e. The lowest BCUT2D eigenvalue weighted by molar-refractivity contribution is 0.284. The van der Waals surface area contributed by atoms with E-state index in [2.05, 4.69) is 27.3 Å². The smallest absolute Gasteiger partial charge is 0.0372 e. The lowest BCUT2D eigenvalue weighted by Gasteiger charge is -2.19. The number of likely N-dealkylation sites (tertiary alicyclic amines) is 1. The number of hydrogen-bond donors (Lipinski definition) is 1. The largest absolute Gasteiger partial charge is 0.311 e. The molecule has 3 nitrogen and oxygen atoms in total. The number of rotatable bonds is 5. The van der Waals surface area contributed by atoms with Crippen molar-refractivity contribution in [3.63, 3.8) is 0 Å². The fourth-order valence-corrected chi connectivity index (χ4v) is 2.43. The van der Waals surface area contributed by atoms with Gasteiger partial charge in [0.05, 0.1) is 0 Å². The average molecular weight is 247 g/mol. The van der Waals surface area contributed by atoms with E-state index in [1.807, 2.05) is 13.1 Å². The van der Waals surface area contributed by atoms with Crippen LogP contribution < -0.4 is 5.32 Å². The standard InChI is InChI=1S/C15H25N3/c1-14-6-7-15(13-17-14)12-16-8-11-18-9-4-2-3-5-10-18/h6-7,13,16H,2-5,8-12H2,1H3. The molecule has 0 atom stereocenters. The van der Waals surface area contributed by atoms with Gasteiger partial charge in [-0.1, -0.05) is 18.9 Å². The molecule has 0 bridgehead atoms. The van der Waals surface area contributed by atoms with E-state index in [0.29, 0.717) is 0 Å². The summed E-state index contributed by atoms with van der Waals surface area (Å²) in [6.45, 7) is 7.78. The molecule has 1 aliphatic rings. The van der Waals surface area contributed by atoms with Crippen LogP contribution in [0.5, 0.6) is 0 Å². The van der Waals surface area contributed by atoms with Gasteiger partial charge in [0.2, 0.25) is 0 Å². The minimum Gasteiger partial charge on any atom is -0.311 e. The first-order chi connectivity index (χ1) is 8.84. The molecule has 2 heterocycles. The molecule has 100 valence electrons. The van der Waals surface area contributed by atoms with Crippen molar-refractivity contribution in [1.29, 1.82) is 0 Å². The van der Waals surface area contributed by atoms with Crippen LogP contribution in [0.15, 0.2) is 18.3 Å². The summed E-state index contributed by atoms with van der Waals surface area (Å²) < 4.78 is 0. The number of nitrogens with one attached hydrogen (secondary N) is 1. The Hall–Kier alpha value is -0.930. The monoisotopic (exact) mass is 247 g/mol. The average Bonchev–Trinajstić information content (AvgIpc) is 2.65. The lowest BCUT2D eigenvalue weighted by atomic mass is 10.2. The zero-order valence-electron chi connectivity index (χ0n) is 11.5. The Labute approximate surface area is 111 Å². The zero-order chi connectivity index (χ0) is 12.6. The van der Waals surface area contributed by atoms with Gasteiger partial charge in [-0.25, -0.2) is 0 Å². The van der Waals surface area contributed by atoms with Crippen LogP contribution in [0.2, 0.25) is 0 Å². The molecule has 0 radical (unpaired) electrons. The van der Waals surface area contributed by atoms with Crippen LogP contribution in [0.25, 0.3) is 0 Å². The van der Waals surface area contributed by atoms with Crippen molar-refractivity contribution in [2.75, 3.05) is 26.2 Å². The topological polar surface area (TPSA) is 28.2 Å². The van der Waals surface area contributed by atoms with Gasteiger partial charge in [0.15, 0.2) is 0 Å². The predicted octanol–water partition coefficient (Wildman–Crippen LogP) is 2.36. The van der Waals surface area contributed by atoms with Crippen LogP contribution in [0, 0.1) is 6.92 Å². The van der Waals surface area contributed by atoms with E-state index < -0.39 is 0 Å². The Morgan fingerprint density at radius 3 is 2.61 bits per heavy atom. The molecule has 0 spiro atoms. The highest BCUT2D eigenvalue weighted by atomic mass is 15.1. The molecular weight excluding hydrogens is 222 g/mol. The van der Waals surface area contributed by atoms with E-state index in [-0.39, 0.29) is 0 Å². The van der Waals surface area contributed by atoms with Crippen LogP contribution >= 0.6 is 0 Å². The summed E-state index contributed by atoms with van der Waals surface area (Å²) in [6.07, 6.45) is 7.55. The Morgan fingerprint density at radius 2 is 1.94 bits per heavy atom. The molecule has 0 amide bonds. The number of pyridine rings is 1. The van der Waals surface area contributed by atoms with Crippen molar-refractivity contribution < 1.29 is 0 Å². The summed E-state index contributed by atoms with van der Waals surface area (Å²) in [7, 11) is 0. The van der Waals surface area contributed by atoms with Crippen molar-refractivity contribution in [3.8, 4) is 0 Å². The molecule has 1 aromatic rings. The second-order valence-electron chi connectivity index (χ2n) is 5.24. The van der Waals surface area contributed by atoms with Gasteiger partial charge in [-0.2, -0.15) is 0 Å². The van der Waals surface area contributed by atoms with E-state index in [1.54, 1.807) is 0 Å². The molecule has 1 fully saturated rings. The summed E-state index contributed by atoms with van der Waals surface area (Å²) in [5.41, 5.74) is 2.36. The number of aryl methyl sites for hydroxylation is 1. The van der Waals surface area contributed by atoms with Crippen molar-refractivity contribution in [2.45, 2.75) is 39.2 Å². The predicted molar refractivity (Wildman–Crippen MR) is 75.6 cm³/mol. The van der Waals surface area contributed by atoms with Gasteiger partial charge in [-0.05, 0) is 44.5 Å². The molecule has 1 N–H and O–H groups in total. The van der Waals surface area contributed by atoms with E-state index in [0.717, 1.165) is 18.8 Å². The number of nitrogens with zero attached hydrogens (tertiary/aromatic N) is 2. The third-order valence-electron chi connectivity index (χ3n) is 3.61. The van der Waals surface area contributed by atoms with Gasteiger partial charge in [0.25, 0.3) is 0 Å². The number of aromatic nitrogens is 1. The molecular formula is C15H25N3. The first-order valence-electron chi connectivity index (χ1n) is 7.19. The zero-order valence-corrected chi connectivity index (χ0v) is 11.5. The fourth-order valence-electron chi connectivity index (χ4n) is 2.43. The Morgan fingerprint density at radius 1 is 1.17 bits per heavy atom. The lowest BCUT2D eigenvalue weighted by Crippen LogP contribution is -2.32. The summed E-state index contributed by atoms with van der Waals surface area (Å²) in [4.78, 5) is 6.90. The highest BCUT2D eigenvalue weighted by molar-refractivity contribution is 5.12. The quantitative estimate of drug-likeness (QED) is 0.810. The summed E-state index contributed by atoms with van der Waals surface area (Å²) in [6, 6.07) is 4.23. The van der Waals surface area contributed by atoms with Gasteiger partial charge < -0.3 is 10.2 Å². The van der Waals surface area contributed by atoms with Gasteiger partial charge in [-0.3, -0.25) is 4.98 Å². The third-order valence-corrected chi connectivity index (χ3v) is 3.61. The molecule has 0 aliphatic carbocycles. The number of hydrogen-bond acceptors (Lipinski definition) is 3.